The minimum atomic E-state index is 0.233. The van der Waals surface area contributed by atoms with Gasteiger partial charge in [0.15, 0.2) is 0 Å². The van der Waals surface area contributed by atoms with Gasteiger partial charge in [0.1, 0.15) is 0 Å². The summed E-state index contributed by atoms with van der Waals surface area (Å²) >= 11 is 0. The van der Waals surface area contributed by atoms with E-state index in [4.69, 9.17) is 0 Å². The first-order valence-corrected chi connectivity index (χ1v) is 24.9. The van der Waals surface area contributed by atoms with Gasteiger partial charge in [-0.1, -0.05) is 157 Å². The lowest BCUT2D eigenvalue weighted by molar-refractivity contribution is 0.419. The summed E-state index contributed by atoms with van der Waals surface area (Å²) in [4.78, 5) is 0. The highest BCUT2D eigenvalue weighted by atomic mass is 31.1. The topological polar surface area (TPSA) is 0 Å². The molecule has 0 fully saturated rings. The number of hydrogen-bond acceptors (Lipinski definition) is 0. The number of hydrogen-bond donors (Lipinski definition) is 0. The van der Waals surface area contributed by atoms with E-state index in [-0.39, 0.29) is 7.92 Å². The summed E-state index contributed by atoms with van der Waals surface area (Å²) in [6, 6.07) is 0. The van der Waals surface area contributed by atoms with Crippen LogP contribution in [0, 0.1) is 0 Å². The molecule has 0 saturated carbocycles. The van der Waals surface area contributed by atoms with E-state index in [1.807, 2.05) is 0 Å². The van der Waals surface area contributed by atoms with Crippen molar-refractivity contribution in [2.24, 2.45) is 0 Å². The van der Waals surface area contributed by atoms with Crippen molar-refractivity contribution in [3.05, 3.63) is 0 Å². The van der Waals surface area contributed by atoms with Crippen molar-refractivity contribution in [2.45, 2.75) is 250 Å². The van der Waals surface area contributed by atoms with Crippen molar-refractivity contribution in [3.63, 3.8) is 0 Å². The van der Waals surface area contributed by atoms with Crippen molar-refractivity contribution >= 4 is 35.6 Å². The first-order valence-electron chi connectivity index (χ1n) is 21.2. The summed E-state index contributed by atoms with van der Waals surface area (Å²) in [5.74, 6) is 0. The summed E-state index contributed by atoms with van der Waals surface area (Å²) in [6.07, 6.45) is 47.3. The molecule has 0 N–H and O–H groups in total. The van der Waals surface area contributed by atoms with Gasteiger partial charge in [0.05, 0.1) is 0 Å². The number of rotatable bonds is 36. The third-order valence-electron chi connectivity index (χ3n) is 11.1. The average Bonchev–Trinajstić information content (AvgIpc) is 3.05. The summed E-state index contributed by atoms with van der Waals surface area (Å²) < 4.78 is 0. The molecular weight excluding hydrogens is 628 g/mol. The van der Waals surface area contributed by atoms with Crippen LogP contribution in [0.3, 0.4) is 0 Å². The Hall–Kier alpha value is 1.72. The maximum Gasteiger partial charge on any atom is -0.0150 e. The lowest BCUT2D eigenvalue weighted by Crippen LogP contribution is -2.20. The highest BCUT2D eigenvalue weighted by Crippen LogP contribution is 2.42. The van der Waals surface area contributed by atoms with Gasteiger partial charge in [-0.15, -0.1) is 35.6 Å². The van der Waals surface area contributed by atoms with Gasteiger partial charge in [0.25, 0.3) is 0 Å². The molecule has 278 valence electrons. The molecule has 0 radical (unpaired) electrons. The maximum absolute atomic E-state index is 3.34. The van der Waals surface area contributed by atoms with Gasteiger partial charge < -0.3 is 0 Å². The van der Waals surface area contributed by atoms with Gasteiger partial charge in [-0.25, -0.2) is 0 Å². The van der Waals surface area contributed by atoms with Crippen LogP contribution >= 0.6 is 35.6 Å². The zero-order valence-electron chi connectivity index (χ0n) is 33.0. The van der Waals surface area contributed by atoms with Crippen molar-refractivity contribution in [1.82, 2.24) is 0 Å². The van der Waals surface area contributed by atoms with Crippen molar-refractivity contribution < 1.29 is 0 Å². The molecule has 3 unspecified atom stereocenters. The molecule has 3 atom stereocenters. The molecule has 4 heteroatoms. The van der Waals surface area contributed by atoms with Crippen LogP contribution in [-0.4, -0.2) is 34.0 Å². The highest BCUT2D eigenvalue weighted by molar-refractivity contribution is 7.57. The van der Waals surface area contributed by atoms with Crippen LogP contribution in [0.2, 0.25) is 0 Å². The molecule has 0 rings (SSSR count). The fourth-order valence-electron chi connectivity index (χ4n) is 7.60. The lowest BCUT2D eigenvalue weighted by atomic mass is 9.89. The smallest absolute Gasteiger partial charge is 0.0150 e. The van der Waals surface area contributed by atoms with Crippen molar-refractivity contribution in [2.75, 3.05) is 18.5 Å². The molecule has 0 aromatic heterocycles. The molecule has 0 aromatic carbocycles. The Morgan fingerprint density at radius 3 is 0.674 bits per heavy atom. The molecule has 0 saturated heterocycles. The van der Waals surface area contributed by atoms with E-state index in [2.05, 4.69) is 69.3 Å². The SMILES string of the molecule is CCCCC(P)(CCCC)CCCCCP(CCCCCC(P)(CCCC)CCCC)CCCCCC(P)(CCCC)CCCC. The largest absolute Gasteiger partial charge is 0.131 e. The summed E-state index contributed by atoms with van der Waals surface area (Å²) in [5, 5.41) is 1.58. The fraction of sp³-hybridized carbons (Fsp3) is 1.00. The predicted octanol–water partition coefficient (Wildman–Crippen LogP) is 16.1. The Morgan fingerprint density at radius 2 is 0.478 bits per heavy atom. The van der Waals surface area contributed by atoms with Crippen LogP contribution in [0.1, 0.15) is 234 Å². The van der Waals surface area contributed by atoms with E-state index in [0.717, 1.165) is 0 Å². The predicted molar refractivity (Wildman–Crippen MR) is 231 cm³/mol. The summed E-state index contributed by atoms with van der Waals surface area (Å²) in [7, 11) is 10.3. The maximum atomic E-state index is 3.34. The van der Waals surface area contributed by atoms with Gasteiger partial charge in [-0.2, -0.15) is 0 Å². The number of unbranched alkanes of at least 4 members (excludes halogenated alkanes) is 12. The van der Waals surface area contributed by atoms with Gasteiger partial charge in [-0.05, 0) is 111 Å². The van der Waals surface area contributed by atoms with Gasteiger partial charge in [-0.3, -0.25) is 0 Å². The van der Waals surface area contributed by atoms with Crippen LogP contribution in [0.5, 0.6) is 0 Å². The van der Waals surface area contributed by atoms with E-state index in [1.54, 1.807) is 18.5 Å². The molecule has 0 aromatic rings. The van der Waals surface area contributed by atoms with Gasteiger partial charge in [0, 0.05) is 0 Å². The third kappa shape index (κ3) is 26.5. The van der Waals surface area contributed by atoms with Gasteiger partial charge >= 0.3 is 0 Å². The fourth-order valence-corrected chi connectivity index (χ4v) is 12.1. The standard InChI is InChI=1S/C42H90P4/c1-7-13-28-40(43,29-14-8-2)34-22-19-25-37-46(38-26-20-23-35-41(44,30-15-9-3)31-16-10-4)39-27-21-24-36-42(45,32-17-11-5)33-18-12-6/h7-39,43-45H2,1-6H3. The minimum absolute atomic E-state index is 0.233. The average molecular weight is 719 g/mol. The quantitative estimate of drug-likeness (QED) is 0.0447. The molecule has 0 aliphatic rings. The van der Waals surface area contributed by atoms with Crippen LogP contribution in [-0.2, 0) is 0 Å². The van der Waals surface area contributed by atoms with E-state index in [9.17, 15) is 0 Å². The molecular formula is C42H90P4. The first-order chi connectivity index (χ1) is 22.1. The molecule has 46 heavy (non-hydrogen) atoms. The molecule has 0 heterocycles. The Balaban J connectivity index is 4.89. The normalized spacial score (nSPS) is 12.9. The lowest BCUT2D eigenvalue weighted by Gasteiger charge is -2.30. The van der Waals surface area contributed by atoms with Gasteiger partial charge in [0.2, 0.25) is 0 Å². The molecule has 0 nitrogen and oxygen atoms in total. The van der Waals surface area contributed by atoms with E-state index in [1.165, 1.54) is 193 Å². The molecule has 0 aliphatic carbocycles. The second kappa shape index (κ2) is 31.5. The monoisotopic (exact) mass is 719 g/mol. The van der Waals surface area contributed by atoms with Crippen LogP contribution in [0.25, 0.3) is 0 Å². The van der Waals surface area contributed by atoms with Crippen molar-refractivity contribution in [3.8, 4) is 0 Å². The van der Waals surface area contributed by atoms with E-state index < -0.39 is 0 Å². The Bertz CT molecular complexity index is 526. The highest BCUT2D eigenvalue weighted by Gasteiger charge is 2.25. The zero-order valence-corrected chi connectivity index (χ0v) is 37.4. The molecule has 0 amide bonds. The van der Waals surface area contributed by atoms with E-state index in [0.29, 0.717) is 15.5 Å². The van der Waals surface area contributed by atoms with E-state index >= 15 is 0 Å². The molecule has 0 aliphatic heterocycles. The Labute approximate surface area is 302 Å². The summed E-state index contributed by atoms with van der Waals surface area (Å²) in [6.45, 7) is 14.2. The van der Waals surface area contributed by atoms with Crippen LogP contribution in [0.4, 0.5) is 0 Å². The first kappa shape index (κ1) is 47.7. The van der Waals surface area contributed by atoms with Crippen LogP contribution < -0.4 is 0 Å². The van der Waals surface area contributed by atoms with Crippen molar-refractivity contribution in [1.29, 1.82) is 0 Å². The molecule has 0 spiro atoms. The Morgan fingerprint density at radius 1 is 0.283 bits per heavy atom. The second-order valence-corrected chi connectivity index (χ2v) is 22.3. The zero-order chi connectivity index (χ0) is 34.4. The second-order valence-electron chi connectivity index (χ2n) is 16.0. The minimum Gasteiger partial charge on any atom is -0.131 e. The summed E-state index contributed by atoms with van der Waals surface area (Å²) in [5.41, 5.74) is 0. The van der Waals surface area contributed by atoms with Crippen LogP contribution in [0.15, 0.2) is 0 Å². The Kier molecular flexibility index (Phi) is 32.6. The third-order valence-corrected chi connectivity index (χ3v) is 16.6. The molecule has 0 bridgehead atoms.